The quantitative estimate of drug-likeness (QED) is 0.861. The van der Waals surface area contributed by atoms with Crippen molar-refractivity contribution in [1.29, 1.82) is 0 Å². The lowest BCUT2D eigenvalue weighted by Gasteiger charge is -2.23. The smallest absolute Gasteiger partial charge is 0.127 e. The Hall–Kier alpha value is -1.80. The number of ether oxygens (including phenoxy) is 1. The fraction of sp³-hybridized carbons (Fsp3) is 0.400. The highest BCUT2D eigenvalue weighted by atomic mass is 16.5. The van der Waals surface area contributed by atoms with Crippen molar-refractivity contribution in [2.45, 2.75) is 38.0 Å². The summed E-state index contributed by atoms with van der Waals surface area (Å²) in [5.41, 5.74) is 3.74. The van der Waals surface area contributed by atoms with Crippen molar-refractivity contribution in [3.8, 4) is 16.9 Å². The van der Waals surface area contributed by atoms with E-state index >= 15 is 0 Å². The number of benzene rings is 2. The van der Waals surface area contributed by atoms with Gasteiger partial charge >= 0.3 is 0 Å². The van der Waals surface area contributed by atoms with Crippen LogP contribution in [0, 0.1) is 0 Å². The second kappa shape index (κ2) is 7.46. The number of hydrogen-bond donors (Lipinski definition) is 1. The molecular weight excluding hydrogens is 272 g/mol. The summed E-state index contributed by atoms with van der Waals surface area (Å²) >= 11 is 0. The van der Waals surface area contributed by atoms with Gasteiger partial charge in [-0.2, -0.15) is 0 Å². The maximum absolute atomic E-state index is 9.02. The molecule has 1 aliphatic carbocycles. The van der Waals surface area contributed by atoms with Crippen molar-refractivity contribution in [3.63, 3.8) is 0 Å². The molecule has 1 N–H and O–H groups in total. The summed E-state index contributed by atoms with van der Waals surface area (Å²) in [4.78, 5) is 0. The van der Waals surface area contributed by atoms with Crippen molar-refractivity contribution in [2.75, 3.05) is 13.2 Å². The van der Waals surface area contributed by atoms with Gasteiger partial charge in [-0.25, -0.2) is 0 Å². The average molecular weight is 296 g/mol. The molecular formula is C20H24O2. The fourth-order valence-corrected chi connectivity index (χ4v) is 3.36. The van der Waals surface area contributed by atoms with Crippen LogP contribution < -0.4 is 4.74 Å². The molecule has 3 rings (SSSR count). The van der Waals surface area contributed by atoms with Crippen molar-refractivity contribution in [1.82, 2.24) is 0 Å². The highest BCUT2D eigenvalue weighted by Crippen LogP contribution is 2.38. The summed E-state index contributed by atoms with van der Waals surface area (Å²) < 4.78 is 5.73. The van der Waals surface area contributed by atoms with Gasteiger partial charge in [-0.1, -0.05) is 55.7 Å². The van der Waals surface area contributed by atoms with Gasteiger partial charge < -0.3 is 9.84 Å². The maximum Gasteiger partial charge on any atom is 0.127 e. The zero-order chi connectivity index (χ0) is 15.2. The summed E-state index contributed by atoms with van der Waals surface area (Å²) in [6.45, 7) is 0.376. The van der Waals surface area contributed by atoms with E-state index in [0.29, 0.717) is 12.5 Å². The lowest BCUT2D eigenvalue weighted by Crippen LogP contribution is -2.06. The molecule has 2 aromatic rings. The van der Waals surface area contributed by atoms with E-state index in [1.54, 1.807) is 0 Å². The molecule has 1 saturated carbocycles. The van der Waals surface area contributed by atoms with Gasteiger partial charge in [0.2, 0.25) is 0 Å². The van der Waals surface area contributed by atoms with Gasteiger partial charge in [0.25, 0.3) is 0 Å². The molecule has 0 radical (unpaired) electrons. The van der Waals surface area contributed by atoms with E-state index in [0.717, 1.165) is 11.3 Å². The Labute approximate surface area is 132 Å². The third-order valence-corrected chi connectivity index (χ3v) is 4.51. The minimum atomic E-state index is 0.0403. The Morgan fingerprint density at radius 2 is 1.73 bits per heavy atom. The molecule has 0 aliphatic heterocycles. The van der Waals surface area contributed by atoms with Crippen LogP contribution in [0.1, 0.15) is 43.6 Å². The third-order valence-electron chi connectivity index (χ3n) is 4.51. The zero-order valence-electron chi connectivity index (χ0n) is 13.0. The average Bonchev–Trinajstić information content (AvgIpc) is 2.61. The Kier molecular flexibility index (Phi) is 5.12. The molecule has 2 heteroatoms. The predicted molar refractivity (Wildman–Crippen MR) is 90.3 cm³/mol. The minimum Gasteiger partial charge on any atom is -0.491 e. The highest BCUT2D eigenvalue weighted by Gasteiger charge is 2.17. The first kappa shape index (κ1) is 15.1. The van der Waals surface area contributed by atoms with Crippen molar-refractivity contribution in [3.05, 3.63) is 54.1 Å². The monoisotopic (exact) mass is 296 g/mol. The first-order chi connectivity index (χ1) is 10.9. The topological polar surface area (TPSA) is 29.5 Å². The van der Waals surface area contributed by atoms with Gasteiger partial charge in [-0.15, -0.1) is 0 Å². The van der Waals surface area contributed by atoms with Crippen molar-refractivity contribution in [2.24, 2.45) is 0 Å². The largest absolute Gasteiger partial charge is 0.491 e. The molecule has 0 unspecified atom stereocenters. The molecule has 0 bridgehead atoms. The Balaban J connectivity index is 1.94. The third kappa shape index (κ3) is 3.50. The molecule has 0 heterocycles. The van der Waals surface area contributed by atoms with E-state index in [1.807, 2.05) is 6.07 Å². The van der Waals surface area contributed by atoms with Crippen LogP contribution >= 0.6 is 0 Å². The maximum atomic E-state index is 9.02. The number of aliphatic hydroxyl groups is 1. The van der Waals surface area contributed by atoms with Crippen LogP contribution in [0.5, 0.6) is 5.75 Å². The summed E-state index contributed by atoms with van der Waals surface area (Å²) in [7, 11) is 0. The molecule has 0 spiro atoms. The molecule has 22 heavy (non-hydrogen) atoms. The molecule has 0 aromatic heterocycles. The van der Waals surface area contributed by atoms with E-state index in [9.17, 15) is 0 Å². The summed E-state index contributed by atoms with van der Waals surface area (Å²) in [6.07, 6.45) is 6.65. The second-order valence-corrected chi connectivity index (χ2v) is 6.03. The normalized spacial score (nSPS) is 15.7. The van der Waals surface area contributed by atoms with Crippen LogP contribution in [0.3, 0.4) is 0 Å². The summed E-state index contributed by atoms with van der Waals surface area (Å²) in [6, 6.07) is 16.9. The molecule has 1 aliphatic rings. The molecule has 0 saturated heterocycles. The van der Waals surface area contributed by atoms with E-state index in [-0.39, 0.29) is 6.61 Å². The summed E-state index contributed by atoms with van der Waals surface area (Å²) in [5.74, 6) is 1.54. The van der Waals surface area contributed by atoms with Gasteiger partial charge in [0.1, 0.15) is 12.4 Å². The molecule has 0 amide bonds. The van der Waals surface area contributed by atoms with Crippen LogP contribution in [-0.4, -0.2) is 18.3 Å². The van der Waals surface area contributed by atoms with E-state index in [1.165, 1.54) is 43.2 Å². The van der Waals surface area contributed by atoms with E-state index in [4.69, 9.17) is 9.84 Å². The van der Waals surface area contributed by atoms with Crippen LogP contribution in [0.4, 0.5) is 0 Å². The molecule has 2 nitrogen and oxygen atoms in total. The Bertz CT molecular complexity index is 586. The fourth-order valence-electron chi connectivity index (χ4n) is 3.36. The van der Waals surface area contributed by atoms with Crippen LogP contribution in [0.15, 0.2) is 48.5 Å². The Morgan fingerprint density at radius 3 is 2.45 bits per heavy atom. The van der Waals surface area contributed by atoms with Gasteiger partial charge in [-0.3, -0.25) is 0 Å². The van der Waals surface area contributed by atoms with Gasteiger partial charge in [0, 0.05) is 5.56 Å². The summed E-state index contributed by atoms with van der Waals surface area (Å²) in [5, 5.41) is 9.02. The first-order valence-electron chi connectivity index (χ1n) is 8.31. The van der Waals surface area contributed by atoms with E-state index in [2.05, 4.69) is 42.5 Å². The zero-order valence-corrected chi connectivity index (χ0v) is 13.0. The molecule has 1 fully saturated rings. The van der Waals surface area contributed by atoms with Crippen LogP contribution in [-0.2, 0) is 0 Å². The lowest BCUT2D eigenvalue weighted by molar-refractivity contribution is 0.202. The van der Waals surface area contributed by atoms with Crippen molar-refractivity contribution < 1.29 is 9.84 Å². The minimum absolute atomic E-state index is 0.0403. The molecule has 0 atom stereocenters. The van der Waals surface area contributed by atoms with Crippen LogP contribution in [0.25, 0.3) is 11.1 Å². The lowest BCUT2D eigenvalue weighted by atomic mass is 9.83. The van der Waals surface area contributed by atoms with Gasteiger partial charge in [-0.05, 0) is 42.0 Å². The standard InChI is InChI=1S/C20H24O2/c21-13-14-22-20-12-11-18(16-7-3-1-4-8-16)15-19(20)17-9-5-2-6-10-17/h2,5-6,9-12,15-16,21H,1,3-4,7-8,13-14H2. The highest BCUT2D eigenvalue weighted by molar-refractivity contribution is 5.71. The second-order valence-electron chi connectivity index (χ2n) is 6.03. The number of hydrogen-bond acceptors (Lipinski definition) is 2. The SMILES string of the molecule is OCCOc1ccc(C2CCCCC2)cc1-c1ccccc1. The molecule has 2 aromatic carbocycles. The molecule has 116 valence electrons. The van der Waals surface area contributed by atoms with Crippen molar-refractivity contribution >= 4 is 0 Å². The number of rotatable bonds is 5. The van der Waals surface area contributed by atoms with Gasteiger partial charge in [0.15, 0.2) is 0 Å². The first-order valence-corrected chi connectivity index (χ1v) is 8.31. The number of aliphatic hydroxyl groups excluding tert-OH is 1. The van der Waals surface area contributed by atoms with Crippen LogP contribution in [0.2, 0.25) is 0 Å². The van der Waals surface area contributed by atoms with E-state index < -0.39 is 0 Å². The van der Waals surface area contributed by atoms with Gasteiger partial charge in [0.05, 0.1) is 6.61 Å². The Morgan fingerprint density at radius 1 is 0.955 bits per heavy atom. The predicted octanol–water partition coefficient (Wildman–Crippen LogP) is 4.77.